The number of imidazole rings is 1. The second kappa shape index (κ2) is 8.73. The molecule has 0 spiro atoms. The summed E-state index contributed by atoms with van der Waals surface area (Å²) in [6, 6.07) is 1.22. The van der Waals surface area contributed by atoms with E-state index in [0.29, 0.717) is 11.4 Å². The minimum atomic E-state index is -3.67. The Morgan fingerprint density at radius 3 is 2.78 bits per heavy atom. The van der Waals surface area contributed by atoms with Crippen molar-refractivity contribution in [3.63, 3.8) is 0 Å². The highest BCUT2D eigenvalue weighted by Gasteiger charge is 2.22. The van der Waals surface area contributed by atoms with Gasteiger partial charge in [0.15, 0.2) is 0 Å². The molecule has 0 aliphatic heterocycles. The number of hydrogen-bond donors (Lipinski definition) is 0. The summed E-state index contributed by atoms with van der Waals surface area (Å²) in [5.74, 6) is -0.524. The molecule has 0 aliphatic carbocycles. The first-order valence-corrected chi connectivity index (χ1v) is 10.1. The zero-order chi connectivity index (χ0) is 20.2. The molecule has 2 aromatic heterocycles. The van der Waals surface area contributed by atoms with E-state index in [1.54, 1.807) is 16.8 Å². The van der Waals surface area contributed by atoms with E-state index in [4.69, 9.17) is 10.3 Å². The summed E-state index contributed by atoms with van der Waals surface area (Å²) in [5.41, 5.74) is 9.46. The molecule has 13 heteroatoms. The molecular weight excluding hydrogens is 489 g/mol. The van der Waals surface area contributed by atoms with Gasteiger partial charge in [-0.05, 0) is 34.2 Å². The summed E-state index contributed by atoms with van der Waals surface area (Å²) >= 11 is 2.06. The number of methoxy groups -OCH3 is 1. The van der Waals surface area contributed by atoms with Crippen LogP contribution in [0.4, 0.5) is 0 Å². The van der Waals surface area contributed by atoms with Gasteiger partial charge in [-0.2, -0.15) is 12.7 Å². The van der Waals surface area contributed by atoms with Crippen LogP contribution >= 0.6 is 22.6 Å². The molecule has 2 heterocycles. The Morgan fingerprint density at radius 2 is 2.19 bits per heavy atom. The van der Waals surface area contributed by atoms with E-state index in [1.807, 2.05) is 0 Å². The van der Waals surface area contributed by atoms with Crippen molar-refractivity contribution in [1.29, 1.82) is 0 Å². The largest absolute Gasteiger partial charge is 0.464 e. The summed E-state index contributed by atoms with van der Waals surface area (Å²) in [6.07, 6.45) is 4.59. The topological polar surface area (TPSA) is 135 Å². The Balaban J connectivity index is 2.39. The lowest BCUT2D eigenvalue weighted by Crippen LogP contribution is -2.27. The first-order valence-electron chi connectivity index (χ1n) is 7.63. The smallest absolute Gasteiger partial charge is 0.354 e. The number of carbonyl (C=O) groups excluding carboxylic acids is 1. The monoisotopic (exact) mass is 507 g/mol. The molecule has 1 atom stereocenters. The minimum Gasteiger partial charge on any atom is -0.464 e. The van der Waals surface area contributed by atoms with E-state index >= 15 is 0 Å². The van der Waals surface area contributed by atoms with Gasteiger partial charge < -0.3 is 9.30 Å². The standard InChI is InChI=1S/C14H18IN7O4S/c1-20(2)27(24,25)21-8-11(17-9-21)5-12(6-18-19-16)22-7-10(15)4-13(22)14(23)26-3/h4,7-9,12H,5-6H2,1-3H3/t12-/m0/s1. The maximum Gasteiger partial charge on any atom is 0.354 e. The number of ether oxygens (including phenoxy) is 1. The van der Waals surface area contributed by atoms with Gasteiger partial charge in [-0.15, -0.1) is 0 Å². The van der Waals surface area contributed by atoms with Crippen molar-refractivity contribution in [3.05, 3.63) is 50.2 Å². The van der Waals surface area contributed by atoms with E-state index in [0.717, 1.165) is 11.8 Å². The molecule has 11 nitrogen and oxygen atoms in total. The third-order valence-corrected chi connectivity index (χ3v) is 5.99. The summed E-state index contributed by atoms with van der Waals surface area (Å²) in [4.78, 5) is 18.9. The van der Waals surface area contributed by atoms with Crippen LogP contribution in [0, 0.1) is 3.57 Å². The second-order valence-electron chi connectivity index (χ2n) is 5.70. The number of rotatable bonds is 8. The van der Waals surface area contributed by atoms with E-state index in [-0.39, 0.29) is 13.0 Å². The van der Waals surface area contributed by atoms with E-state index in [2.05, 4.69) is 37.6 Å². The highest BCUT2D eigenvalue weighted by molar-refractivity contribution is 14.1. The Bertz CT molecular complexity index is 976. The fourth-order valence-corrected chi connectivity index (χ4v) is 3.80. The van der Waals surface area contributed by atoms with Crippen LogP contribution in [0.15, 0.2) is 29.9 Å². The van der Waals surface area contributed by atoms with E-state index < -0.39 is 22.2 Å². The normalized spacial score (nSPS) is 12.6. The molecule has 0 amide bonds. The average molecular weight is 507 g/mol. The van der Waals surface area contributed by atoms with E-state index in [9.17, 15) is 13.2 Å². The summed E-state index contributed by atoms with van der Waals surface area (Å²) in [7, 11) is 0.450. The Kier molecular flexibility index (Phi) is 6.86. The molecule has 0 saturated heterocycles. The van der Waals surface area contributed by atoms with Crippen molar-refractivity contribution in [2.24, 2.45) is 5.11 Å². The van der Waals surface area contributed by atoms with Crippen molar-refractivity contribution in [2.75, 3.05) is 27.7 Å². The van der Waals surface area contributed by atoms with Crippen LogP contribution in [0.5, 0.6) is 0 Å². The highest BCUT2D eigenvalue weighted by Crippen LogP contribution is 2.22. The van der Waals surface area contributed by atoms with Gasteiger partial charge in [-0.3, -0.25) is 0 Å². The molecule has 0 unspecified atom stereocenters. The molecule has 0 bridgehead atoms. The number of carbonyl (C=O) groups is 1. The third kappa shape index (κ3) is 4.80. The first-order chi connectivity index (χ1) is 12.7. The lowest BCUT2D eigenvalue weighted by Gasteiger charge is -2.18. The average Bonchev–Trinajstić information content (AvgIpc) is 3.24. The van der Waals surface area contributed by atoms with Gasteiger partial charge >= 0.3 is 16.2 Å². The highest BCUT2D eigenvalue weighted by atomic mass is 127. The predicted octanol–water partition coefficient (Wildman–Crippen LogP) is 1.82. The molecule has 0 N–H and O–H groups in total. The number of esters is 1. The lowest BCUT2D eigenvalue weighted by atomic mass is 10.1. The summed E-state index contributed by atoms with van der Waals surface area (Å²) in [6.45, 7) is 0.0541. The molecule has 0 aliphatic rings. The number of azide groups is 1. The van der Waals surface area contributed by atoms with Crippen molar-refractivity contribution in [3.8, 4) is 0 Å². The van der Waals surface area contributed by atoms with Crippen LogP contribution in [0.1, 0.15) is 22.2 Å². The van der Waals surface area contributed by atoms with Crippen LogP contribution < -0.4 is 0 Å². The second-order valence-corrected chi connectivity index (χ2v) is 8.99. The van der Waals surface area contributed by atoms with Crippen LogP contribution in [-0.2, 0) is 21.4 Å². The van der Waals surface area contributed by atoms with Crippen molar-refractivity contribution in [2.45, 2.75) is 12.5 Å². The molecule has 27 heavy (non-hydrogen) atoms. The Labute approximate surface area is 169 Å². The van der Waals surface area contributed by atoms with Crippen molar-refractivity contribution in [1.82, 2.24) is 17.8 Å². The van der Waals surface area contributed by atoms with Crippen molar-refractivity contribution < 1.29 is 17.9 Å². The maximum atomic E-state index is 12.2. The number of hydrogen-bond acceptors (Lipinski definition) is 6. The van der Waals surface area contributed by atoms with Crippen LogP contribution in [0.2, 0.25) is 0 Å². The van der Waals surface area contributed by atoms with Gasteiger partial charge in [-0.1, -0.05) is 5.11 Å². The lowest BCUT2D eigenvalue weighted by molar-refractivity contribution is 0.0586. The molecule has 2 aromatic rings. The van der Waals surface area contributed by atoms with Crippen molar-refractivity contribution >= 4 is 38.8 Å². The maximum absolute atomic E-state index is 12.2. The molecule has 0 aromatic carbocycles. The van der Waals surface area contributed by atoms with Crippen LogP contribution in [0.3, 0.4) is 0 Å². The molecule has 0 radical (unpaired) electrons. The first kappa shape index (κ1) is 21.2. The molecule has 146 valence electrons. The van der Waals surface area contributed by atoms with Gasteiger partial charge in [0.25, 0.3) is 0 Å². The predicted molar refractivity (Wildman–Crippen MR) is 105 cm³/mol. The quantitative estimate of drug-likeness (QED) is 0.177. The zero-order valence-electron chi connectivity index (χ0n) is 14.9. The summed E-state index contributed by atoms with van der Waals surface area (Å²) in [5, 5.41) is 3.61. The minimum absolute atomic E-state index is 0.0541. The zero-order valence-corrected chi connectivity index (χ0v) is 17.8. The number of halogens is 1. The van der Waals surface area contributed by atoms with Gasteiger partial charge in [0.05, 0.1) is 12.8 Å². The fraction of sp³-hybridized carbons (Fsp3) is 0.429. The number of nitrogens with zero attached hydrogens (tertiary/aromatic N) is 7. The van der Waals surface area contributed by atoms with Gasteiger partial charge in [0, 0.05) is 54.0 Å². The van der Waals surface area contributed by atoms with Gasteiger partial charge in [-0.25, -0.2) is 13.8 Å². The fourth-order valence-electron chi connectivity index (χ4n) is 2.40. The summed E-state index contributed by atoms with van der Waals surface area (Å²) < 4.78 is 33.7. The van der Waals surface area contributed by atoms with Gasteiger partial charge in [0.1, 0.15) is 12.0 Å². The molecular formula is C14H18IN7O4S. The SMILES string of the molecule is COC(=O)c1cc(I)cn1[C@H](CN=[N+]=[N-])Cc1cn(S(=O)(=O)N(C)C)cn1. The third-order valence-electron chi connectivity index (χ3n) is 3.75. The van der Waals surface area contributed by atoms with Crippen LogP contribution in [0.25, 0.3) is 10.4 Å². The number of aromatic nitrogens is 3. The van der Waals surface area contributed by atoms with Gasteiger partial charge in [0.2, 0.25) is 0 Å². The Morgan fingerprint density at radius 1 is 1.48 bits per heavy atom. The molecule has 2 rings (SSSR count). The van der Waals surface area contributed by atoms with E-state index in [1.165, 1.54) is 33.7 Å². The Hall–Kier alpha value is -2.09. The van der Waals surface area contributed by atoms with Crippen LogP contribution in [-0.4, -0.2) is 60.0 Å². The molecule has 0 fully saturated rings. The molecule has 0 saturated carbocycles.